The van der Waals surface area contributed by atoms with Gasteiger partial charge in [-0.15, -0.1) is 0 Å². The van der Waals surface area contributed by atoms with Crippen LogP contribution in [-0.4, -0.2) is 80.6 Å². The summed E-state index contributed by atoms with van der Waals surface area (Å²) in [6, 6.07) is 3.14. The molecule has 0 radical (unpaired) electrons. The molecule has 0 fully saturated rings. The quantitative estimate of drug-likeness (QED) is 0.285. The topological polar surface area (TPSA) is 188 Å². The van der Waals surface area contributed by atoms with Crippen molar-refractivity contribution in [2.24, 2.45) is 23.5 Å². The first-order valence-electron chi connectivity index (χ1n) is 11.8. The Morgan fingerprint density at radius 2 is 1.76 bits per heavy atom. The summed E-state index contributed by atoms with van der Waals surface area (Å²) in [4.78, 5) is 53.8. The van der Waals surface area contributed by atoms with Gasteiger partial charge in [-0.2, -0.15) is 0 Å². The van der Waals surface area contributed by atoms with Crippen LogP contribution in [0.5, 0.6) is 5.75 Å². The number of hydrogen-bond donors (Lipinski definition) is 5. The number of phenolic OH excluding ortho intramolecular Hbond substituents is 1. The van der Waals surface area contributed by atoms with Crippen LogP contribution in [0.2, 0.25) is 0 Å². The number of fused-ring (bicyclic) bond motifs is 3. The van der Waals surface area contributed by atoms with Gasteiger partial charge >= 0.3 is 5.97 Å². The molecule has 0 aromatic heterocycles. The van der Waals surface area contributed by atoms with Crippen LogP contribution in [0.15, 0.2) is 40.9 Å². The van der Waals surface area contributed by atoms with Gasteiger partial charge in [0.05, 0.1) is 23.4 Å². The minimum Gasteiger partial charge on any atom is -0.510 e. The molecule has 11 nitrogen and oxygen atoms in total. The lowest BCUT2D eigenvalue weighted by molar-refractivity contribution is -0.183. The van der Waals surface area contributed by atoms with E-state index in [1.165, 1.54) is 25.1 Å². The van der Waals surface area contributed by atoms with E-state index in [1.54, 1.807) is 32.9 Å². The summed E-state index contributed by atoms with van der Waals surface area (Å²) >= 11 is 0. The number of benzene rings is 1. The van der Waals surface area contributed by atoms with Crippen molar-refractivity contribution in [2.45, 2.75) is 44.4 Å². The minimum atomic E-state index is -2.95. The number of nitrogens with zero attached hydrogens (tertiary/aromatic N) is 1. The molecule has 4 rings (SSSR count). The SMILES string of the molecule is CC(C)C(=O)O[C@H]1[C@H]2C(=C(O)[C@]3(O)C(=O)C(C(N)=O)=C(O)[C@@H](N(C)C)[C@H]13)C(=O)c1c(O)cccc1[C@@H]2C. The Balaban J connectivity index is 2.11. The maximum absolute atomic E-state index is 13.7. The lowest BCUT2D eigenvalue weighted by Crippen LogP contribution is -2.69. The van der Waals surface area contributed by atoms with Crippen molar-refractivity contribution in [3.05, 3.63) is 52.0 Å². The third-order valence-corrected chi connectivity index (χ3v) is 7.69. The van der Waals surface area contributed by atoms with Gasteiger partial charge in [-0.1, -0.05) is 32.9 Å². The highest BCUT2D eigenvalue weighted by molar-refractivity contribution is 6.25. The molecule has 1 aromatic carbocycles. The van der Waals surface area contributed by atoms with E-state index in [4.69, 9.17) is 10.5 Å². The number of nitrogens with two attached hydrogens (primary N) is 1. The molecule has 1 aromatic rings. The van der Waals surface area contributed by atoms with E-state index >= 15 is 0 Å². The zero-order valence-corrected chi connectivity index (χ0v) is 21.1. The van der Waals surface area contributed by atoms with Gasteiger partial charge in [-0.05, 0) is 31.6 Å². The second kappa shape index (κ2) is 8.70. The number of phenols is 1. The third kappa shape index (κ3) is 3.48. The predicted molar refractivity (Wildman–Crippen MR) is 128 cm³/mol. The molecular weight excluding hydrogens is 484 g/mol. The van der Waals surface area contributed by atoms with Gasteiger partial charge in [-0.3, -0.25) is 24.1 Å². The van der Waals surface area contributed by atoms with Crippen molar-refractivity contribution in [1.82, 2.24) is 4.90 Å². The number of amides is 1. The number of likely N-dealkylation sites (N-methyl/N-ethyl adjacent to an activating group) is 1. The minimum absolute atomic E-state index is 0.121. The molecule has 0 unspecified atom stereocenters. The number of ketones is 2. The van der Waals surface area contributed by atoms with Crippen molar-refractivity contribution in [1.29, 1.82) is 0 Å². The van der Waals surface area contributed by atoms with Crippen molar-refractivity contribution >= 4 is 23.4 Å². The zero-order chi connectivity index (χ0) is 27.7. The van der Waals surface area contributed by atoms with Crippen LogP contribution in [0.25, 0.3) is 0 Å². The highest BCUT2D eigenvalue weighted by Crippen LogP contribution is 2.56. The highest BCUT2D eigenvalue weighted by atomic mass is 16.5. The van der Waals surface area contributed by atoms with Gasteiger partial charge in [0.15, 0.2) is 11.4 Å². The first kappa shape index (κ1) is 26.4. The molecule has 0 saturated heterocycles. The number of primary amides is 1. The molecule has 0 heterocycles. The molecule has 3 aliphatic carbocycles. The van der Waals surface area contributed by atoms with Gasteiger partial charge in [-0.25, -0.2) is 0 Å². The number of ether oxygens (including phenoxy) is 1. The third-order valence-electron chi connectivity index (χ3n) is 7.69. The van der Waals surface area contributed by atoms with Gasteiger partial charge < -0.3 is 30.9 Å². The second-order valence-corrected chi connectivity index (χ2v) is 10.4. The molecule has 11 heteroatoms. The average Bonchev–Trinajstić information content (AvgIpc) is 2.80. The van der Waals surface area contributed by atoms with Gasteiger partial charge in [0, 0.05) is 11.5 Å². The van der Waals surface area contributed by atoms with E-state index in [-0.39, 0.29) is 11.3 Å². The van der Waals surface area contributed by atoms with E-state index in [2.05, 4.69) is 0 Å². The fraction of sp³-hybridized carbons (Fsp3) is 0.462. The van der Waals surface area contributed by atoms with Crippen molar-refractivity contribution in [3.63, 3.8) is 0 Å². The first-order valence-corrected chi connectivity index (χ1v) is 11.8. The first-order chi connectivity index (χ1) is 17.2. The number of aliphatic hydroxyl groups excluding tert-OH is 2. The Morgan fingerprint density at radius 3 is 2.30 bits per heavy atom. The number of carbonyl (C=O) groups is 4. The van der Waals surface area contributed by atoms with Crippen LogP contribution >= 0.6 is 0 Å². The zero-order valence-electron chi connectivity index (χ0n) is 21.1. The Kier molecular flexibility index (Phi) is 6.20. The van der Waals surface area contributed by atoms with E-state index < -0.39 is 87.5 Å². The number of aromatic hydroxyl groups is 1. The summed E-state index contributed by atoms with van der Waals surface area (Å²) < 4.78 is 5.85. The smallest absolute Gasteiger partial charge is 0.308 e. The van der Waals surface area contributed by atoms with Crippen molar-refractivity contribution < 1.29 is 44.3 Å². The van der Waals surface area contributed by atoms with Crippen LogP contribution in [0.1, 0.15) is 42.6 Å². The summed E-state index contributed by atoms with van der Waals surface area (Å²) in [6.45, 7) is 4.85. The van der Waals surface area contributed by atoms with E-state index in [9.17, 15) is 39.6 Å². The van der Waals surface area contributed by atoms with Crippen molar-refractivity contribution in [2.75, 3.05) is 14.1 Å². The van der Waals surface area contributed by atoms with Gasteiger partial charge in [0.25, 0.3) is 5.91 Å². The molecule has 37 heavy (non-hydrogen) atoms. The predicted octanol–water partition coefficient (Wildman–Crippen LogP) is 0.859. The maximum atomic E-state index is 13.7. The Hall–Kier alpha value is -3.70. The number of aliphatic hydroxyl groups is 3. The lowest BCUT2D eigenvalue weighted by Gasteiger charge is -2.54. The number of Topliss-reactive ketones (excluding diaryl/α,β-unsaturated/α-hetero) is 2. The summed E-state index contributed by atoms with van der Waals surface area (Å²) in [7, 11) is 2.99. The van der Waals surface area contributed by atoms with Gasteiger partial charge in [0.2, 0.25) is 5.78 Å². The molecule has 0 saturated carbocycles. The van der Waals surface area contributed by atoms with E-state index in [1.807, 2.05) is 0 Å². The normalized spacial score (nSPS) is 31.3. The molecule has 0 bridgehead atoms. The number of hydrogen-bond acceptors (Lipinski definition) is 10. The highest BCUT2D eigenvalue weighted by Gasteiger charge is 2.68. The summed E-state index contributed by atoms with van der Waals surface area (Å²) in [5.74, 6) is -10.3. The Bertz CT molecular complexity index is 1290. The molecule has 6 N–H and O–H groups in total. The Labute approximate surface area is 212 Å². The number of esters is 1. The van der Waals surface area contributed by atoms with Crippen LogP contribution in [0.3, 0.4) is 0 Å². The fourth-order valence-electron chi connectivity index (χ4n) is 5.96. The van der Waals surface area contributed by atoms with Crippen LogP contribution in [0, 0.1) is 17.8 Å². The van der Waals surface area contributed by atoms with Crippen molar-refractivity contribution in [3.8, 4) is 5.75 Å². The standard InChI is InChI=1S/C26H30N2O9/c1-9(2)25(35)37-21-13-10(3)11-7-6-8-12(29)14(11)19(30)15(13)22(32)26(36)17(21)18(28(4)5)20(31)16(23(26)33)24(27)34/h6-10,13,17-18,21,29,31-32,36H,1-5H3,(H2,27,34)/t10-,13+,17+,18-,21-,26-/m0/s1. The molecule has 6 atom stereocenters. The van der Waals surface area contributed by atoms with Crippen LogP contribution in [0.4, 0.5) is 0 Å². The molecule has 0 spiro atoms. The summed E-state index contributed by atoms with van der Waals surface area (Å²) in [6.07, 6.45) is -1.41. The molecule has 1 amide bonds. The lowest BCUT2D eigenvalue weighted by atomic mass is 9.55. The number of rotatable bonds is 4. The van der Waals surface area contributed by atoms with Crippen LogP contribution in [-0.2, 0) is 19.1 Å². The molecule has 0 aliphatic heterocycles. The van der Waals surface area contributed by atoms with Gasteiger partial charge in [0.1, 0.15) is 28.9 Å². The number of carbonyl (C=O) groups excluding carboxylic acids is 4. The Morgan fingerprint density at radius 1 is 1.14 bits per heavy atom. The maximum Gasteiger partial charge on any atom is 0.308 e. The monoisotopic (exact) mass is 514 g/mol. The fourth-order valence-corrected chi connectivity index (χ4v) is 5.96. The van der Waals surface area contributed by atoms with E-state index in [0.717, 1.165) is 0 Å². The average molecular weight is 515 g/mol. The van der Waals surface area contributed by atoms with E-state index in [0.29, 0.717) is 5.56 Å². The largest absolute Gasteiger partial charge is 0.510 e. The molecular formula is C26H30N2O9. The molecule has 198 valence electrons. The summed E-state index contributed by atoms with van der Waals surface area (Å²) in [5, 5.41) is 44.9. The van der Waals surface area contributed by atoms with Crippen LogP contribution < -0.4 is 5.73 Å². The second-order valence-electron chi connectivity index (χ2n) is 10.4. The summed E-state index contributed by atoms with van der Waals surface area (Å²) in [5.41, 5.74) is 1.36. The molecule has 3 aliphatic rings.